The van der Waals surface area contributed by atoms with Crippen LogP contribution in [-0.4, -0.2) is 57.7 Å². The van der Waals surface area contributed by atoms with E-state index in [4.69, 9.17) is 0 Å². The molecule has 0 bridgehead atoms. The summed E-state index contributed by atoms with van der Waals surface area (Å²) in [4.78, 5) is 2.26. The third-order valence-electron chi connectivity index (χ3n) is 1.65. The molecule has 0 aliphatic carbocycles. The molecular weight excluding hydrogens is 148 g/mol. The maximum atomic E-state index is 2.33. The fourth-order valence-corrected chi connectivity index (χ4v) is 2.19. The zero-order valence-corrected chi connectivity index (χ0v) is 9.81. The Morgan fingerprint density at radius 3 is 1.75 bits per heavy atom. The lowest BCUT2D eigenvalue weighted by Crippen LogP contribution is -2.46. The smallest absolute Gasteiger partial charge is 0.0844 e. The minimum atomic E-state index is 0.405. The minimum Gasteiger partial charge on any atom is -0.330 e. The molecule has 0 heterocycles. The summed E-state index contributed by atoms with van der Waals surface area (Å²) in [6, 6.07) is 0. The summed E-state index contributed by atoms with van der Waals surface area (Å²) in [6.07, 6.45) is 0. The highest BCUT2D eigenvalue weighted by molar-refractivity contribution is 4.70. The highest BCUT2D eigenvalue weighted by Crippen LogP contribution is 2.18. The van der Waals surface area contributed by atoms with Crippen molar-refractivity contribution in [3.8, 4) is 0 Å². The molecule has 2 heteroatoms. The van der Waals surface area contributed by atoms with Gasteiger partial charge in [-0.1, -0.05) is 13.8 Å². The van der Waals surface area contributed by atoms with Crippen molar-refractivity contribution >= 4 is 0 Å². The largest absolute Gasteiger partial charge is 0.330 e. The Morgan fingerprint density at radius 1 is 1.08 bits per heavy atom. The first-order valence-corrected chi connectivity index (χ1v) is 4.58. The zero-order chi connectivity index (χ0) is 9.99. The molecule has 0 aliphatic rings. The van der Waals surface area contributed by atoms with E-state index in [2.05, 4.69) is 54.0 Å². The van der Waals surface area contributed by atoms with E-state index in [1.165, 1.54) is 6.54 Å². The van der Waals surface area contributed by atoms with Gasteiger partial charge in [0.25, 0.3) is 0 Å². The predicted octanol–water partition coefficient (Wildman–Crippen LogP) is 1.28. The monoisotopic (exact) mass is 173 g/mol. The van der Waals surface area contributed by atoms with Gasteiger partial charge in [0.15, 0.2) is 0 Å². The second-order valence-corrected chi connectivity index (χ2v) is 5.85. The van der Waals surface area contributed by atoms with E-state index >= 15 is 0 Å². The first-order valence-electron chi connectivity index (χ1n) is 4.58. The van der Waals surface area contributed by atoms with Crippen LogP contribution in [0.25, 0.3) is 0 Å². The molecule has 0 N–H and O–H groups in total. The summed E-state index contributed by atoms with van der Waals surface area (Å²) in [6.45, 7) is 7.03. The van der Waals surface area contributed by atoms with Crippen LogP contribution in [0.1, 0.15) is 13.8 Å². The summed E-state index contributed by atoms with van der Waals surface area (Å²) >= 11 is 0. The second kappa shape index (κ2) is 3.75. The highest BCUT2D eigenvalue weighted by atomic mass is 15.3. The van der Waals surface area contributed by atoms with Crippen LogP contribution in [0.15, 0.2) is 0 Å². The van der Waals surface area contributed by atoms with E-state index in [-0.39, 0.29) is 0 Å². The zero-order valence-electron chi connectivity index (χ0n) is 9.81. The average molecular weight is 173 g/mol. The molecule has 74 valence electrons. The number of quaternary nitrogens is 1. The molecule has 0 unspecified atom stereocenters. The van der Waals surface area contributed by atoms with Gasteiger partial charge in [-0.3, -0.25) is 0 Å². The second-order valence-electron chi connectivity index (χ2n) is 5.85. The van der Waals surface area contributed by atoms with Crippen LogP contribution in [0.5, 0.6) is 0 Å². The Hall–Kier alpha value is -0.0800. The third kappa shape index (κ3) is 6.62. The molecular formula is C10H25N2+. The molecule has 2 nitrogen and oxygen atoms in total. The molecule has 0 spiro atoms. The molecule has 0 fully saturated rings. The van der Waals surface area contributed by atoms with Gasteiger partial charge >= 0.3 is 0 Å². The lowest BCUT2D eigenvalue weighted by molar-refractivity contribution is -0.876. The van der Waals surface area contributed by atoms with Crippen molar-refractivity contribution in [1.82, 2.24) is 4.90 Å². The van der Waals surface area contributed by atoms with Crippen LogP contribution in [0, 0.1) is 5.41 Å². The van der Waals surface area contributed by atoms with Gasteiger partial charge in [0.1, 0.15) is 0 Å². The van der Waals surface area contributed by atoms with Crippen molar-refractivity contribution in [2.24, 2.45) is 5.41 Å². The fourth-order valence-electron chi connectivity index (χ4n) is 2.19. The van der Waals surface area contributed by atoms with Gasteiger partial charge in [-0.25, -0.2) is 0 Å². The summed E-state index contributed by atoms with van der Waals surface area (Å²) in [5, 5.41) is 0. The summed E-state index contributed by atoms with van der Waals surface area (Å²) in [5.74, 6) is 0. The molecule has 0 saturated heterocycles. The molecule has 0 aromatic heterocycles. The topological polar surface area (TPSA) is 3.24 Å². The first-order chi connectivity index (χ1) is 5.12. The van der Waals surface area contributed by atoms with E-state index in [0.29, 0.717) is 5.41 Å². The van der Waals surface area contributed by atoms with Gasteiger partial charge in [-0.05, 0) is 14.1 Å². The molecule has 0 radical (unpaired) electrons. The Morgan fingerprint density at radius 2 is 1.50 bits per heavy atom. The number of nitrogens with zero attached hydrogens (tertiary/aromatic N) is 2. The molecule has 0 rings (SSSR count). The molecule has 0 atom stereocenters. The van der Waals surface area contributed by atoms with Crippen LogP contribution in [-0.2, 0) is 0 Å². The first kappa shape index (κ1) is 11.9. The summed E-state index contributed by atoms with van der Waals surface area (Å²) < 4.78 is 1.04. The summed E-state index contributed by atoms with van der Waals surface area (Å²) in [5.41, 5.74) is 0.405. The molecule has 0 aliphatic heterocycles. The van der Waals surface area contributed by atoms with Crippen molar-refractivity contribution < 1.29 is 4.48 Å². The van der Waals surface area contributed by atoms with Gasteiger partial charge in [0.2, 0.25) is 0 Å². The quantitative estimate of drug-likeness (QED) is 0.579. The van der Waals surface area contributed by atoms with Crippen LogP contribution >= 0.6 is 0 Å². The van der Waals surface area contributed by atoms with Gasteiger partial charge in [0, 0.05) is 12.0 Å². The van der Waals surface area contributed by atoms with Crippen LogP contribution in [0.3, 0.4) is 0 Å². The Kier molecular flexibility index (Phi) is 3.73. The van der Waals surface area contributed by atoms with Gasteiger partial charge in [-0.15, -0.1) is 0 Å². The number of hydrogen-bond acceptors (Lipinski definition) is 1. The number of hydrogen-bond donors (Lipinski definition) is 0. The normalized spacial score (nSPS) is 14.0. The van der Waals surface area contributed by atoms with Crippen LogP contribution < -0.4 is 0 Å². The maximum Gasteiger partial charge on any atom is 0.0844 e. The molecule has 12 heavy (non-hydrogen) atoms. The molecule has 0 amide bonds. The lowest BCUT2D eigenvalue weighted by atomic mass is 9.92. The average Bonchev–Trinajstić information content (AvgIpc) is 1.48. The van der Waals surface area contributed by atoms with E-state index in [0.717, 1.165) is 11.0 Å². The Balaban J connectivity index is 4.04. The molecule has 0 aromatic carbocycles. The van der Waals surface area contributed by atoms with Gasteiger partial charge in [0.05, 0.1) is 27.7 Å². The lowest BCUT2D eigenvalue weighted by Gasteiger charge is -2.35. The van der Waals surface area contributed by atoms with Crippen molar-refractivity contribution in [3.05, 3.63) is 0 Å². The molecule has 0 saturated carbocycles. The van der Waals surface area contributed by atoms with Crippen LogP contribution in [0.4, 0.5) is 0 Å². The third-order valence-corrected chi connectivity index (χ3v) is 1.65. The Labute approximate surface area is 77.8 Å². The van der Waals surface area contributed by atoms with Crippen molar-refractivity contribution in [1.29, 1.82) is 0 Å². The van der Waals surface area contributed by atoms with E-state index in [9.17, 15) is 0 Å². The SMILES string of the molecule is CN(C)CC(C)(C)C[N+](C)(C)C. The van der Waals surface area contributed by atoms with E-state index in [1.54, 1.807) is 0 Å². The van der Waals surface area contributed by atoms with Gasteiger partial charge in [-0.2, -0.15) is 0 Å². The predicted molar refractivity (Wildman–Crippen MR) is 55.2 cm³/mol. The minimum absolute atomic E-state index is 0.405. The van der Waals surface area contributed by atoms with E-state index in [1.807, 2.05) is 0 Å². The van der Waals surface area contributed by atoms with Crippen molar-refractivity contribution in [2.75, 3.05) is 48.3 Å². The van der Waals surface area contributed by atoms with Crippen LogP contribution in [0.2, 0.25) is 0 Å². The van der Waals surface area contributed by atoms with E-state index < -0.39 is 0 Å². The summed E-state index contributed by atoms with van der Waals surface area (Å²) in [7, 11) is 11.0. The number of rotatable bonds is 4. The fraction of sp³-hybridized carbons (Fsp3) is 1.00. The molecule has 0 aromatic rings. The maximum absolute atomic E-state index is 2.33. The van der Waals surface area contributed by atoms with Crippen molar-refractivity contribution in [3.63, 3.8) is 0 Å². The highest BCUT2D eigenvalue weighted by Gasteiger charge is 2.26. The Bertz CT molecular complexity index is 131. The standard InChI is InChI=1S/C10H25N2/c1-10(2,8-11(3)4)9-12(5,6)7/h8-9H2,1-7H3/q+1. The van der Waals surface area contributed by atoms with Crippen molar-refractivity contribution in [2.45, 2.75) is 13.8 Å². The van der Waals surface area contributed by atoms with Gasteiger partial charge < -0.3 is 9.38 Å².